The molecule has 2 amide bonds. The standard InChI is InChI=1S/C19H20N2O5S/c1-26-16-8-7-15(21-18(22)9-10-19(21)23)13-17(16)27(24,25)20-12-11-14-5-3-2-4-6-14/h2-8,13,20H,9-12H2,1H3. The Morgan fingerprint density at radius 1 is 1.04 bits per heavy atom. The summed E-state index contributed by atoms with van der Waals surface area (Å²) in [5.41, 5.74) is 1.24. The SMILES string of the molecule is COc1ccc(N2C(=O)CCC2=O)cc1S(=O)(=O)NCCc1ccccc1. The highest BCUT2D eigenvalue weighted by molar-refractivity contribution is 7.89. The van der Waals surface area contributed by atoms with Crippen molar-refractivity contribution in [1.82, 2.24) is 4.72 Å². The molecule has 0 spiro atoms. The predicted molar refractivity (Wildman–Crippen MR) is 100 cm³/mol. The van der Waals surface area contributed by atoms with Crippen LogP contribution >= 0.6 is 0 Å². The van der Waals surface area contributed by atoms with Crippen molar-refractivity contribution in [3.63, 3.8) is 0 Å². The Balaban J connectivity index is 1.83. The maximum atomic E-state index is 12.8. The molecule has 0 atom stereocenters. The Bertz CT molecular complexity index is 941. The Morgan fingerprint density at radius 2 is 1.70 bits per heavy atom. The van der Waals surface area contributed by atoms with Crippen LogP contribution in [0, 0.1) is 0 Å². The molecule has 2 aromatic rings. The maximum Gasteiger partial charge on any atom is 0.244 e. The molecule has 0 bridgehead atoms. The lowest BCUT2D eigenvalue weighted by molar-refractivity contribution is -0.121. The summed E-state index contributed by atoms with van der Waals surface area (Å²) >= 11 is 0. The van der Waals surface area contributed by atoms with Gasteiger partial charge in [-0.15, -0.1) is 0 Å². The third-order valence-electron chi connectivity index (χ3n) is 4.30. The van der Waals surface area contributed by atoms with Crippen LogP contribution in [-0.4, -0.2) is 33.9 Å². The molecule has 0 radical (unpaired) electrons. The number of anilines is 1. The summed E-state index contributed by atoms with van der Waals surface area (Å²) in [6, 6.07) is 13.7. The molecule has 1 aliphatic rings. The van der Waals surface area contributed by atoms with Crippen LogP contribution in [0.1, 0.15) is 18.4 Å². The number of hydrogen-bond donors (Lipinski definition) is 1. The molecule has 1 fully saturated rings. The first-order valence-electron chi connectivity index (χ1n) is 8.50. The van der Waals surface area contributed by atoms with Crippen LogP contribution in [0.25, 0.3) is 0 Å². The van der Waals surface area contributed by atoms with Gasteiger partial charge < -0.3 is 4.74 Å². The fourth-order valence-electron chi connectivity index (χ4n) is 2.93. The van der Waals surface area contributed by atoms with E-state index in [1.54, 1.807) is 0 Å². The lowest BCUT2D eigenvalue weighted by Crippen LogP contribution is -2.30. The van der Waals surface area contributed by atoms with Gasteiger partial charge in [0.25, 0.3) is 0 Å². The van der Waals surface area contributed by atoms with Crippen molar-refractivity contribution in [2.24, 2.45) is 0 Å². The van der Waals surface area contributed by atoms with Gasteiger partial charge in [-0.05, 0) is 30.2 Å². The lowest BCUT2D eigenvalue weighted by atomic mass is 10.2. The second-order valence-corrected chi connectivity index (χ2v) is 7.83. The fraction of sp³-hybridized carbons (Fsp3) is 0.263. The molecule has 142 valence electrons. The molecule has 7 nitrogen and oxygen atoms in total. The minimum atomic E-state index is -3.88. The van der Waals surface area contributed by atoms with E-state index in [9.17, 15) is 18.0 Å². The summed E-state index contributed by atoms with van der Waals surface area (Å²) in [6.07, 6.45) is 0.787. The largest absolute Gasteiger partial charge is 0.495 e. The second-order valence-electron chi connectivity index (χ2n) is 6.09. The monoisotopic (exact) mass is 388 g/mol. The van der Waals surface area contributed by atoms with Crippen molar-refractivity contribution >= 4 is 27.5 Å². The summed E-state index contributed by atoms with van der Waals surface area (Å²) in [4.78, 5) is 24.8. The lowest BCUT2D eigenvalue weighted by Gasteiger charge is -2.17. The highest BCUT2D eigenvalue weighted by Crippen LogP contribution is 2.31. The third-order valence-corrected chi connectivity index (χ3v) is 5.78. The van der Waals surface area contributed by atoms with Crippen molar-refractivity contribution in [2.75, 3.05) is 18.6 Å². The predicted octanol–water partition coefficient (Wildman–Crippen LogP) is 1.87. The summed E-state index contributed by atoms with van der Waals surface area (Å²) < 4.78 is 33.2. The highest BCUT2D eigenvalue weighted by Gasteiger charge is 2.31. The van der Waals surface area contributed by atoms with Crippen LogP contribution in [-0.2, 0) is 26.0 Å². The zero-order chi connectivity index (χ0) is 19.4. The Labute approximate surface area is 158 Å². The van der Waals surface area contributed by atoms with Gasteiger partial charge in [-0.3, -0.25) is 14.5 Å². The summed E-state index contributed by atoms with van der Waals surface area (Å²) in [7, 11) is -2.52. The quantitative estimate of drug-likeness (QED) is 0.731. The second kappa shape index (κ2) is 7.89. The molecule has 0 unspecified atom stereocenters. The number of rotatable bonds is 7. The van der Waals surface area contributed by atoms with Crippen LogP contribution in [0.15, 0.2) is 53.4 Å². The number of hydrogen-bond acceptors (Lipinski definition) is 5. The highest BCUT2D eigenvalue weighted by atomic mass is 32.2. The average Bonchev–Trinajstić information content (AvgIpc) is 3.00. The smallest absolute Gasteiger partial charge is 0.244 e. The van der Waals surface area contributed by atoms with Crippen molar-refractivity contribution in [3.8, 4) is 5.75 Å². The first-order chi connectivity index (χ1) is 12.9. The zero-order valence-electron chi connectivity index (χ0n) is 14.8. The Kier molecular flexibility index (Phi) is 5.57. The van der Waals surface area contributed by atoms with Gasteiger partial charge in [-0.1, -0.05) is 30.3 Å². The van der Waals surface area contributed by atoms with E-state index in [1.807, 2.05) is 30.3 Å². The Morgan fingerprint density at radius 3 is 2.33 bits per heavy atom. The van der Waals surface area contributed by atoms with Gasteiger partial charge in [0.2, 0.25) is 21.8 Å². The molecular formula is C19H20N2O5S. The summed E-state index contributed by atoms with van der Waals surface area (Å²) in [6.45, 7) is 0.210. The number of imide groups is 1. The fourth-order valence-corrected chi connectivity index (χ4v) is 4.15. The van der Waals surface area contributed by atoms with Crippen molar-refractivity contribution in [3.05, 3.63) is 54.1 Å². The molecule has 8 heteroatoms. The maximum absolute atomic E-state index is 12.8. The van der Waals surface area contributed by atoms with Gasteiger partial charge in [0.1, 0.15) is 10.6 Å². The van der Waals surface area contributed by atoms with Crippen LogP contribution < -0.4 is 14.4 Å². The molecule has 1 N–H and O–H groups in total. The van der Waals surface area contributed by atoms with Crippen molar-refractivity contribution in [1.29, 1.82) is 0 Å². The average molecular weight is 388 g/mol. The Hall–Kier alpha value is -2.71. The number of benzene rings is 2. The number of carbonyl (C=O) groups is 2. The number of ether oxygens (including phenoxy) is 1. The molecule has 27 heavy (non-hydrogen) atoms. The summed E-state index contributed by atoms with van der Waals surface area (Å²) in [5.74, 6) is -0.541. The number of methoxy groups -OCH3 is 1. The number of amides is 2. The molecule has 0 aliphatic carbocycles. The molecule has 3 rings (SSSR count). The molecule has 0 aromatic heterocycles. The number of nitrogens with one attached hydrogen (secondary N) is 1. The van der Waals surface area contributed by atoms with E-state index in [4.69, 9.17) is 4.74 Å². The van der Waals surface area contributed by atoms with E-state index < -0.39 is 10.0 Å². The van der Waals surface area contributed by atoms with E-state index in [1.165, 1.54) is 25.3 Å². The molecule has 0 saturated carbocycles. The van der Waals surface area contributed by atoms with Crippen LogP contribution in [0.3, 0.4) is 0 Å². The van der Waals surface area contributed by atoms with Crippen LogP contribution in [0.2, 0.25) is 0 Å². The molecule has 1 aliphatic heterocycles. The van der Waals surface area contributed by atoms with Crippen LogP contribution in [0.4, 0.5) is 5.69 Å². The molecule has 1 saturated heterocycles. The minimum Gasteiger partial charge on any atom is -0.495 e. The number of sulfonamides is 1. The number of carbonyl (C=O) groups excluding carboxylic acids is 2. The van der Waals surface area contributed by atoms with E-state index >= 15 is 0 Å². The topological polar surface area (TPSA) is 92.8 Å². The van der Waals surface area contributed by atoms with Crippen molar-refractivity contribution in [2.45, 2.75) is 24.2 Å². The first kappa shape index (κ1) is 19.1. The third kappa shape index (κ3) is 4.17. The van der Waals surface area contributed by atoms with Gasteiger partial charge in [-0.2, -0.15) is 0 Å². The number of nitrogens with zero attached hydrogens (tertiary/aromatic N) is 1. The van der Waals surface area contributed by atoms with Gasteiger partial charge in [0.05, 0.1) is 12.8 Å². The minimum absolute atomic E-state index is 0.108. The summed E-state index contributed by atoms with van der Waals surface area (Å²) in [5, 5.41) is 0. The van der Waals surface area contributed by atoms with E-state index in [2.05, 4.69) is 4.72 Å². The normalized spacial score (nSPS) is 14.6. The van der Waals surface area contributed by atoms with Crippen molar-refractivity contribution < 1.29 is 22.7 Å². The van der Waals surface area contributed by atoms with Gasteiger partial charge in [0.15, 0.2) is 0 Å². The molecule has 1 heterocycles. The van der Waals surface area contributed by atoms with E-state index in [0.29, 0.717) is 6.42 Å². The van der Waals surface area contributed by atoms with Gasteiger partial charge >= 0.3 is 0 Å². The van der Waals surface area contributed by atoms with E-state index in [0.717, 1.165) is 10.5 Å². The molecule has 2 aromatic carbocycles. The van der Waals surface area contributed by atoms with Gasteiger partial charge in [-0.25, -0.2) is 13.1 Å². The molecular weight excluding hydrogens is 368 g/mol. The van der Waals surface area contributed by atoms with Crippen LogP contribution in [0.5, 0.6) is 5.75 Å². The first-order valence-corrected chi connectivity index (χ1v) is 9.98. The van der Waals surface area contributed by atoms with Gasteiger partial charge in [0, 0.05) is 19.4 Å². The van der Waals surface area contributed by atoms with E-state index in [-0.39, 0.29) is 47.5 Å². The zero-order valence-corrected chi connectivity index (χ0v) is 15.7.